The third-order valence-electron chi connectivity index (χ3n) is 4.05. The first-order chi connectivity index (χ1) is 11.6. The highest BCUT2D eigenvalue weighted by atomic mass is 35.5. The molecule has 0 amide bonds. The predicted octanol–water partition coefficient (Wildman–Crippen LogP) is 3.42. The zero-order chi connectivity index (χ0) is 17.1. The van der Waals surface area contributed by atoms with Crippen LogP contribution in [0.25, 0.3) is 11.0 Å². The minimum Gasteiger partial charge on any atom is -0.489 e. The molecule has 3 rings (SSSR count). The summed E-state index contributed by atoms with van der Waals surface area (Å²) < 4.78 is 7.82. The molecule has 2 aromatic carbocycles. The molecule has 24 heavy (non-hydrogen) atoms. The highest BCUT2D eigenvalue weighted by Crippen LogP contribution is 2.25. The van der Waals surface area contributed by atoms with Gasteiger partial charge in [0.2, 0.25) is 0 Å². The van der Waals surface area contributed by atoms with Crippen LogP contribution in [0.3, 0.4) is 0 Å². The van der Waals surface area contributed by atoms with Crippen molar-refractivity contribution >= 4 is 22.6 Å². The molecule has 1 aromatic heterocycles. The standard InChI is InChI=1S/C19H21ClN2O2/c1-3-19-21-16-6-4-5-7-17(16)22(19)11-14(23)12-24-18-10-13(2)8-9-15(18)20/h4-10,14,23H,3,11-12H2,1-2H3/p+1. The number of aliphatic hydroxyl groups excluding tert-OH is 1. The first kappa shape index (κ1) is 16.8. The minimum absolute atomic E-state index is 0.193. The van der Waals surface area contributed by atoms with E-state index in [1.807, 2.05) is 43.3 Å². The first-order valence-corrected chi connectivity index (χ1v) is 8.52. The Labute approximate surface area is 146 Å². The lowest BCUT2D eigenvalue weighted by atomic mass is 10.2. The lowest BCUT2D eigenvalue weighted by molar-refractivity contribution is -0.685. The molecule has 1 unspecified atom stereocenters. The fraction of sp³-hybridized carbons (Fsp3) is 0.316. The molecule has 0 saturated heterocycles. The van der Waals surface area contributed by atoms with Crippen molar-refractivity contribution in [3.63, 3.8) is 0 Å². The number of aromatic nitrogens is 2. The van der Waals surface area contributed by atoms with Gasteiger partial charge < -0.3 is 9.84 Å². The Kier molecular flexibility index (Phi) is 5.07. The van der Waals surface area contributed by atoms with Gasteiger partial charge in [-0.3, -0.25) is 0 Å². The molecule has 0 bridgehead atoms. The van der Waals surface area contributed by atoms with Crippen molar-refractivity contribution in [3.8, 4) is 5.75 Å². The Hall–Kier alpha value is -2.04. The number of ether oxygens (including phenoxy) is 1. The summed E-state index contributed by atoms with van der Waals surface area (Å²) in [5.74, 6) is 1.69. The van der Waals surface area contributed by atoms with Gasteiger partial charge in [-0.25, -0.2) is 9.55 Å². The molecule has 0 radical (unpaired) electrons. The number of nitrogens with zero attached hydrogens (tertiary/aromatic N) is 1. The van der Waals surface area contributed by atoms with Gasteiger partial charge >= 0.3 is 0 Å². The van der Waals surface area contributed by atoms with Gasteiger partial charge in [-0.1, -0.05) is 36.7 Å². The minimum atomic E-state index is -0.629. The van der Waals surface area contributed by atoms with E-state index in [-0.39, 0.29) is 6.61 Å². The number of rotatable bonds is 6. The van der Waals surface area contributed by atoms with E-state index in [0.717, 1.165) is 28.8 Å². The number of imidazole rings is 1. The molecular formula is C19H22ClN2O2+. The average molecular weight is 346 g/mol. The van der Waals surface area contributed by atoms with E-state index in [9.17, 15) is 5.11 Å². The number of halogens is 1. The summed E-state index contributed by atoms with van der Waals surface area (Å²) in [6, 6.07) is 13.7. The normalized spacial score (nSPS) is 12.5. The highest BCUT2D eigenvalue weighted by molar-refractivity contribution is 6.32. The van der Waals surface area contributed by atoms with E-state index in [2.05, 4.69) is 22.5 Å². The van der Waals surface area contributed by atoms with Crippen LogP contribution in [0.5, 0.6) is 5.75 Å². The van der Waals surface area contributed by atoms with Crippen molar-refractivity contribution in [2.24, 2.45) is 0 Å². The maximum Gasteiger partial charge on any atom is 0.254 e. The predicted molar refractivity (Wildman–Crippen MR) is 95.6 cm³/mol. The molecule has 0 aliphatic rings. The second kappa shape index (κ2) is 7.24. The SMILES string of the molecule is CCc1[nH]c2ccccc2[n+]1CC(O)COc1cc(C)ccc1Cl. The Morgan fingerprint density at radius 1 is 1.25 bits per heavy atom. The van der Waals surface area contributed by atoms with Gasteiger partial charge in [0.15, 0.2) is 11.0 Å². The monoisotopic (exact) mass is 345 g/mol. The van der Waals surface area contributed by atoms with Crippen molar-refractivity contribution in [2.45, 2.75) is 32.9 Å². The lowest BCUT2D eigenvalue weighted by Crippen LogP contribution is -2.44. The number of aliphatic hydroxyl groups is 1. The largest absolute Gasteiger partial charge is 0.489 e. The summed E-state index contributed by atoms with van der Waals surface area (Å²) in [6.07, 6.45) is 0.238. The number of aryl methyl sites for hydroxylation is 2. The quantitative estimate of drug-likeness (QED) is 0.672. The molecule has 0 saturated carbocycles. The maximum atomic E-state index is 10.4. The molecule has 0 spiro atoms. The van der Waals surface area contributed by atoms with Crippen LogP contribution in [-0.2, 0) is 13.0 Å². The summed E-state index contributed by atoms with van der Waals surface area (Å²) in [6.45, 7) is 4.74. The van der Waals surface area contributed by atoms with Crippen LogP contribution >= 0.6 is 11.6 Å². The Morgan fingerprint density at radius 2 is 2.04 bits per heavy atom. The number of aromatic amines is 1. The van der Waals surface area contributed by atoms with E-state index in [1.165, 1.54) is 0 Å². The molecular weight excluding hydrogens is 324 g/mol. The van der Waals surface area contributed by atoms with E-state index in [0.29, 0.717) is 17.3 Å². The molecule has 3 aromatic rings. The molecule has 126 valence electrons. The van der Waals surface area contributed by atoms with Crippen LogP contribution in [-0.4, -0.2) is 22.8 Å². The molecule has 2 N–H and O–H groups in total. The number of nitrogens with one attached hydrogen (secondary N) is 1. The number of fused-ring (bicyclic) bond motifs is 1. The van der Waals surface area contributed by atoms with Crippen molar-refractivity contribution in [1.82, 2.24) is 4.98 Å². The summed E-state index contributed by atoms with van der Waals surface area (Å²) in [7, 11) is 0. The van der Waals surface area contributed by atoms with Crippen LogP contribution in [0, 0.1) is 6.92 Å². The Bertz CT molecular complexity index is 844. The Morgan fingerprint density at radius 3 is 2.83 bits per heavy atom. The number of hydrogen-bond acceptors (Lipinski definition) is 2. The van der Waals surface area contributed by atoms with Crippen molar-refractivity contribution in [3.05, 3.63) is 58.9 Å². The van der Waals surface area contributed by atoms with Gasteiger partial charge in [0.25, 0.3) is 5.82 Å². The molecule has 0 aliphatic heterocycles. The molecule has 1 atom stereocenters. The number of H-pyrrole nitrogens is 1. The number of hydrogen-bond donors (Lipinski definition) is 2. The van der Waals surface area contributed by atoms with Crippen LogP contribution in [0.4, 0.5) is 0 Å². The van der Waals surface area contributed by atoms with E-state index >= 15 is 0 Å². The second-order valence-electron chi connectivity index (χ2n) is 5.95. The third-order valence-corrected chi connectivity index (χ3v) is 4.36. The zero-order valence-electron chi connectivity index (χ0n) is 13.9. The summed E-state index contributed by atoms with van der Waals surface area (Å²) in [5, 5.41) is 11.0. The third kappa shape index (κ3) is 3.55. The summed E-state index contributed by atoms with van der Waals surface area (Å²) in [5.41, 5.74) is 3.23. The summed E-state index contributed by atoms with van der Waals surface area (Å²) >= 11 is 6.13. The van der Waals surface area contributed by atoms with E-state index < -0.39 is 6.10 Å². The molecule has 5 heteroatoms. The van der Waals surface area contributed by atoms with Gasteiger partial charge in [0.05, 0.1) is 5.02 Å². The highest BCUT2D eigenvalue weighted by Gasteiger charge is 2.20. The fourth-order valence-electron chi connectivity index (χ4n) is 2.84. The van der Waals surface area contributed by atoms with E-state index in [1.54, 1.807) is 0 Å². The van der Waals surface area contributed by atoms with Gasteiger partial charge in [-0.15, -0.1) is 0 Å². The van der Waals surface area contributed by atoms with Crippen molar-refractivity contribution in [2.75, 3.05) is 6.61 Å². The number of para-hydroxylation sites is 2. The zero-order valence-corrected chi connectivity index (χ0v) is 14.7. The summed E-state index contributed by atoms with van der Waals surface area (Å²) in [4.78, 5) is 3.40. The van der Waals surface area contributed by atoms with Crippen molar-refractivity contribution in [1.29, 1.82) is 0 Å². The van der Waals surface area contributed by atoms with Gasteiger partial charge in [0.1, 0.15) is 25.0 Å². The average Bonchev–Trinajstić information content (AvgIpc) is 2.93. The Balaban J connectivity index is 1.73. The van der Waals surface area contributed by atoms with Crippen LogP contribution in [0.15, 0.2) is 42.5 Å². The van der Waals surface area contributed by atoms with Crippen LogP contribution in [0.1, 0.15) is 18.3 Å². The number of benzene rings is 2. The lowest BCUT2D eigenvalue weighted by Gasteiger charge is -2.13. The van der Waals surface area contributed by atoms with E-state index in [4.69, 9.17) is 16.3 Å². The van der Waals surface area contributed by atoms with Crippen molar-refractivity contribution < 1.29 is 14.4 Å². The topological polar surface area (TPSA) is 49.1 Å². The van der Waals surface area contributed by atoms with Crippen LogP contribution in [0.2, 0.25) is 5.02 Å². The van der Waals surface area contributed by atoms with Gasteiger partial charge in [-0.2, -0.15) is 0 Å². The second-order valence-corrected chi connectivity index (χ2v) is 6.36. The maximum absolute atomic E-state index is 10.4. The van der Waals surface area contributed by atoms with Crippen LogP contribution < -0.4 is 9.30 Å². The van der Waals surface area contributed by atoms with Gasteiger partial charge in [-0.05, 0) is 36.8 Å². The van der Waals surface area contributed by atoms with Gasteiger partial charge in [0, 0.05) is 6.42 Å². The first-order valence-electron chi connectivity index (χ1n) is 8.15. The molecule has 1 heterocycles. The molecule has 0 aliphatic carbocycles. The molecule has 0 fully saturated rings. The smallest absolute Gasteiger partial charge is 0.254 e. The fourth-order valence-corrected chi connectivity index (χ4v) is 3.01. The molecule has 4 nitrogen and oxygen atoms in total.